The van der Waals surface area contributed by atoms with E-state index in [9.17, 15) is 26.4 Å². The first-order chi connectivity index (χ1) is 8.14. The summed E-state index contributed by atoms with van der Waals surface area (Å²) in [5, 5.41) is 8.33. The lowest BCUT2D eigenvalue weighted by Gasteiger charge is -2.07. The summed E-state index contributed by atoms with van der Waals surface area (Å²) in [6.45, 7) is 0. The zero-order valence-corrected chi connectivity index (χ0v) is 9.49. The summed E-state index contributed by atoms with van der Waals surface area (Å²) in [5.41, 5.74) is -5.08. The summed E-state index contributed by atoms with van der Waals surface area (Å²) < 4.78 is 58.6. The molecule has 0 aliphatic heterocycles. The van der Waals surface area contributed by atoms with Gasteiger partial charge in [-0.05, 0) is 23.8 Å². The first-order valence-corrected chi connectivity index (χ1v) is 5.95. The Morgan fingerprint density at radius 2 is 1.67 bits per heavy atom. The molecule has 0 aliphatic carbocycles. The number of hydrogen-bond acceptors (Lipinski definition) is 3. The first-order valence-electron chi connectivity index (χ1n) is 4.47. The third-order valence-electron chi connectivity index (χ3n) is 1.91. The van der Waals surface area contributed by atoms with Gasteiger partial charge < -0.3 is 5.11 Å². The molecule has 0 atom stereocenters. The van der Waals surface area contributed by atoms with Crippen molar-refractivity contribution < 1.29 is 31.5 Å². The average molecular weight is 280 g/mol. The Morgan fingerprint density at radius 1 is 1.17 bits per heavy atom. The van der Waals surface area contributed by atoms with Crippen molar-refractivity contribution in [3.05, 3.63) is 35.9 Å². The summed E-state index contributed by atoms with van der Waals surface area (Å²) in [4.78, 5) is 9.31. The molecule has 0 radical (unpaired) electrons. The standard InChI is InChI=1S/C10H7F3O4S/c11-10(12,13)18(16,17)8-4-1-7(2-5-8)3-6-9(14)15/h1-6H,(H,14,15)/b6-3+. The molecule has 8 heteroatoms. The SMILES string of the molecule is O=C(O)/C=C/c1ccc(S(=O)(=O)C(F)(F)F)cc1. The summed E-state index contributed by atoms with van der Waals surface area (Å²) >= 11 is 0. The van der Waals surface area contributed by atoms with E-state index in [0.29, 0.717) is 0 Å². The molecule has 18 heavy (non-hydrogen) atoms. The van der Waals surface area contributed by atoms with Gasteiger partial charge in [0.15, 0.2) is 0 Å². The molecular weight excluding hydrogens is 273 g/mol. The first kappa shape index (κ1) is 14.2. The van der Waals surface area contributed by atoms with Gasteiger partial charge in [-0.1, -0.05) is 12.1 Å². The monoisotopic (exact) mass is 280 g/mol. The van der Waals surface area contributed by atoms with Crippen LogP contribution in [0.3, 0.4) is 0 Å². The average Bonchev–Trinajstić information content (AvgIpc) is 2.25. The highest BCUT2D eigenvalue weighted by Gasteiger charge is 2.46. The molecule has 0 fully saturated rings. The van der Waals surface area contributed by atoms with Crippen molar-refractivity contribution in [1.29, 1.82) is 0 Å². The van der Waals surface area contributed by atoms with Gasteiger partial charge in [0.1, 0.15) is 0 Å². The topological polar surface area (TPSA) is 71.4 Å². The lowest BCUT2D eigenvalue weighted by atomic mass is 10.2. The van der Waals surface area contributed by atoms with Crippen molar-refractivity contribution in [2.45, 2.75) is 10.4 Å². The molecule has 0 amide bonds. The van der Waals surface area contributed by atoms with Crippen molar-refractivity contribution in [2.75, 3.05) is 0 Å². The molecule has 0 saturated heterocycles. The van der Waals surface area contributed by atoms with E-state index in [1.54, 1.807) is 0 Å². The van der Waals surface area contributed by atoms with Gasteiger partial charge in [-0.15, -0.1) is 0 Å². The van der Waals surface area contributed by atoms with Crippen LogP contribution in [0.15, 0.2) is 35.2 Å². The summed E-state index contributed by atoms with van der Waals surface area (Å²) in [5.74, 6) is -1.22. The number of carboxylic acids is 1. The third-order valence-corrected chi connectivity index (χ3v) is 3.42. The molecule has 0 aromatic heterocycles. The van der Waals surface area contributed by atoms with Gasteiger partial charge in [-0.25, -0.2) is 13.2 Å². The van der Waals surface area contributed by atoms with Crippen LogP contribution < -0.4 is 0 Å². The van der Waals surface area contributed by atoms with Crippen LogP contribution in [0.1, 0.15) is 5.56 Å². The Morgan fingerprint density at radius 3 is 2.06 bits per heavy atom. The lowest BCUT2D eigenvalue weighted by molar-refractivity contribution is -0.131. The Kier molecular flexibility index (Phi) is 3.80. The van der Waals surface area contributed by atoms with E-state index in [-0.39, 0.29) is 5.56 Å². The van der Waals surface area contributed by atoms with Gasteiger partial charge >= 0.3 is 11.5 Å². The van der Waals surface area contributed by atoms with E-state index in [1.165, 1.54) is 0 Å². The highest BCUT2D eigenvalue weighted by Crippen LogP contribution is 2.30. The van der Waals surface area contributed by atoms with E-state index < -0.39 is 26.2 Å². The molecule has 1 aromatic rings. The second kappa shape index (κ2) is 4.81. The van der Waals surface area contributed by atoms with Gasteiger partial charge in [0, 0.05) is 6.08 Å². The maximum Gasteiger partial charge on any atom is 0.501 e. The van der Waals surface area contributed by atoms with E-state index in [1.807, 2.05) is 0 Å². The normalized spacial score (nSPS) is 12.8. The highest BCUT2D eigenvalue weighted by atomic mass is 32.2. The zero-order valence-electron chi connectivity index (χ0n) is 8.68. The molecule has 0 unspecified atom stereocenters. The maximum absolute atomic E-state index is 12.2. The van der Waals surface area contributed by atoms with Crippen LogP contribution in [0.4, 0.5) is 13.2 Å². The van der Waals surface area contributed by atoms with Crippen molar-refractivity contribution in [3.8, 4) is 0 Å². The fourth-order valence-electron chi connectivity index (χ4n) is 1.06. The second-order valence-electron chi connectivity index (χ2n) is 3.19. The fraction of sp³-hybridized carbons (Fsp3) is 0.100. The van der Waals surface area contributed by atoms with Gasteiger partial charge in [-0.3, -0.25) is 0 Å². The molecule has 98 valence electrons. The van der Waals surface area contributed by atoms with Crippen molar-refractivity contribution in [1.82, 2.24) is 0 Å². The molecule has 0 saturated carbocycles. The number of carbonyl (C=O) groups is 1. The molecule has 0 aliphatic rings. The predicted octanol–water partition coefficient (Wildman–Crippen LogP) is 2.08. The summed E-state index contributed by atoms with van der Waals surface area (Å²) in [6.07, 6.45) is 1.92. The molecule has 1 N–H and O–H groups in total. The van der Waals surface area contributed by atoms with E-state index in [4.69, 9.17) is 5.11 Å². The quantitative estimate of drug-likeness (QED) is 0.860. The number of alkyl halides is 3. The maximum atomic E-state index is 12.2. The van der Waals surface area contributed by atoms with E-state index in [0.717, 1.165) is 36.4 Å². The van der Waals surface area contributed by atoms with Crippen molar-refractivity contribution in [3.63, 3.8) is 0 Å². The van der Waals surface area contributed by atoms with E-state index >= 15 is 0 Å². The minimum absolute atomic E-state index is 0.276. The second-order valence-corrected chi connectivity index (χ2v) is 5.13. The summed E-state index contributed by atoms with van der Waals surface area (Å²) in [6, 6.07) is 3.70. The minimum atomic E-state index is -5.36. The molecule has 4 nitrogen and oxygen atoms in total. The Balaban J connectivity index is 3.08. The highest BCUT2D eigenvalue weighted by molar-refractivity contribution is 7.92. The number of aliphatic carboxylic acids is 1. The Labute approximate surface area is 100 Å². The van der Waals surface area contributed by atoms with Crippen LogP contribution >= 0.6 is 0 Å². The molecule has 1 aromatic carbocycles. The Bertz CT molecular complexity index is 570. The fourth-order valence-corrected chi connectivity index (χ4v) is 1.82. The number of rotatable bonds is 3. The smallest absolute Gasteiger partial charge is 0.478 e. The van der Waals surface area contributed by atoms with Gasteiger partial charge in [0.2, 0.25) is 0 Å². The molecule has 0 heterocycles. The van der Waals surface area contributed by atoms with Gasteiger partial charge in [0.25, 0.3) is 9.84 Å². The molecule has 0 bridgehead atoms. The van der Waals surface area contributed by atoms with Crippen LogP contribution in [-0.4, -0.2) is 25.0 Å². The minimum Gasteiger partial charge on any atom is -0.478 e. The van der Waals surface area contributed by atoms with Crippen LogP contribution in [-0.2, 0) is 14.6 Å². The molecule has 1 rings (SSSR count). The number of carboxylic acid groups (broad SMARTS) is 1. The van der Waals surface area contributed by atoms with Crippen LogP contribution in [0.25, 0.3) is 6.08 Å². The van der Waals surface area contributed by atoms with Gasteiger partial charge in [0.05, 0.1) is 4.90 Å². The van der Waals surface area contributed by atoms with E-state index in [2.05, 4.69) is 0 Å². The number of sulfone groups is 1. The number of halogens is 3. The lowest BCUT2D eigenvalue weighted by Crippen LogP contribution is -2.23. The summed E-state index contributed by atoms with van der Waals surface area (Å²) in [7, 11) is -5.36. The Hall–Kier alpha value is -1.83. The van der Waals surface area contributed by atoms with Crippen LogP contribution in [0, 0.1) is 0 Å². The third kappa shape index (κ3) is 3.10. The van der Waals surface area contributed by atoms with Gasteiger partial charge in [-0.2, -0.15) is 13.2 Å². The molecule has 0 spiro atoms. The predicted molar refractivity (Wildman–Crippen MR) is 56.4 cm³/mol. The zero-order chi connectivity index (χ0) is 14.0. The van der Waals surface area contributed by atoms with Crippen LogP contribution in [0.5, 0.6) is 0 Å². The van der Waals surface area contributed by atoms with Crippen LogP contribution in [0.2, 0.25) is 0 Å². The van der Waals surface area contributed by atoms with Crippen molar-refractivity contribution >= 4 is 21.9 Å². The number of hydrogen-bond donors (Lipinski definition) is 1. The molecular formula is C10H7F3O4S. The largest absolute Gasteiger partial charge is 0.501 e. The number of benzene rings is 1. The van der Waals surface area contributed by atoms with Crippen molar-refractivity contribution in [2.24, 2.45) is 0 Å².